The molecule has 2 aliphatic heterocycles. The van der Waals surface area contributed by atoms with Gasteiger partial charge in [-0.2, -0.15) is 0 Å². The van der Waals surface area contributed by atoms with Crippen molar-refractivity contribution in [1.29, 1.82) is 0 Å². The fourth-order valence-corrected chi connectivity index (χ4v) is 4.99. The SMILES string of the molecule is CCc1nc2cc(N3CCC(C(=O)NCCN4CCCCCC4)CC3)cnc2nc1CC. The van der Waals surface area contributed by atoms with E-state index < -0.39 is 0 Å². The Morgan fingerprint density at radius 1 is 1.00 bits per heavy atom. The predicted molar refractivity (Wildman–Crippen MR) is 129 cm³/mol. The molecule has 0 spiro atoms. The van der Waals surface area contributed by atoms with Crippen molar-refractivity contribution >= 4 is 22.8 Å². The number of rotatable bonds is 7. The number of aryl methyl sites for hydroxylation is 2. The van der Waals surface area contributed by atoms with Gasteiger partial charge in [-0.05, 0) is 57.7 Å². The van der Waals surface area contributed by atoms with Gasteiger partial charge in [0.05, 0.1) is 23.3 Å². The first-order chi connectivity index (χ1) is 15.7. The van der Waals surface area contributed by atoms with Crippen molar-refractivity contribution < 1.29 is 4.79 Å². The van der Waals surface area contributed by atoms with Gasteiger partial charge in [0.1, 0.15) is 5.52 Å². The Hall–Kier alpha value is -2.28. The Morgan fingerprint density at radius 2 is 1.69 bits per heavy atom. The van der Waals surface area contributed by atoms with E-state index in [1.54, 1.807) is 0 Å². The van der Waals surface area contributed by atoms with Crippen LogP contribution >= 0.6 is 0 Å². The average Bonchev–Trinajstić information content (AvgIpc) is 3.11. The summed E-state index contributed by atoms with van der Waals surface area (Å²) < 4.78 is 0. The van der Waals surface area contributed by atoms with E-state index in [2.05, 4.69) is 40.0 Å². The fourth-order valence-electron chi connectivity index (χ4n) is 4.99. The van der Waals surface area contributed by atoms with Crippen molar-refractivity contribution in [3.05, 3.63) is 23.7 Å². The lowest BCUT2D eigenvalue weighted by Gasteiger charge is -2.33. The molecule has 4 heterocycles. The summed E-state index contributed by atoms with van der Waals surface area (Å²) in [6.07, 6.45) is 10.7. The number of hydrogen-bond donors (Lipinski definition) is 1. The second kappa shape index (κ2) is 11.0. The molecular weight excluding hydrogens is 400 g/mol. The normalized spacial score (nSPS) is 18.6. The summed E-state index contributed by atoms with van der Waals surface area (Å²) in [5.74, 6) is 0.337. The third-order valence-corrected chi connectivity index (χ3v) is 6.99. The van der Waals surface area contributed by atoms with Crippen LogP contribution in [0.15, 0.2) is 12.3 Å². The third-order valence-electron chi connectivity index (χ3n) is 6.99. The van der Waals surface area contributed by atoms with Gasteiger partial charge in [0.2, 0.25) is 5.91 Å². The fraction of sp³-hybridized carbons (Fsp3) is 0.680. The number of likely N-dealkylation sites (tertiary alicyclic amines) is 1. The van der Waals surface area contributed by atoms with Crippen LogP contribution in [0.1, 0.15) is 63.8 Å². The van der Waals surface area contributed by atoms with Crippen LogP contribution < -0.4 is 10.2 Å². The molecule has 0 saturated carbocycles. The minimum absolute atomic E-state index is 0.113. The summed E-state index contributed by atoms with van der Waals surface area (Å²) in [7, 11) is 0. The van der Waals surface area contributed by atoms with E-state index in [9.17, 15) is 4.79 Å². The monoisotopic (exact) mass is 438 g/mol. The first kappa shape index (κ1) is 22.9. The van der Waals surface area contributed by atoms with Crippen LogP contribution in [0.25, 0.3) is 11.2 Å². The number of amides is 1. The zero-order chi connectivity index (χ0) is 22.3. The van der Waals surface area contributed by atoms with Gasteiger partial charge in [-0.25, -0.2) is 15.0 Å². The van der Waals surface area contributed by atoms with Gasteiger partial charge in [-0.15, -0.1) is 0 Å². The number of pyridine rings is 1. The van der Waals surface area contributed by atoms with Gasteiger partial charge < -0.3 is 15.1 Å². The summed E-state index contributed by atoms with van der Waals surface area (Å²) in [6.45, 7) is 10.1. The van der Waals surface area contributed by atoms with Crippen LogP contribution in [0, 0.1) is 5.92 Å². The highest BCUT2D eigenvalue weighted by Crippen LogP contribution is 2.25. The molecule has 2 saturated heterocycles. The molecule has 0 bridgehead atoms. The summed E-state index contributed by atoms with van der Waals surface area (Å²) in [5.41, 5.74) is 4.78. The highest BCUT2D eigenvalue weighted by molar-refractivity contribution is 5.79. The second-order valence-electron chi connectivity index (χ2n) is 9.17. The van der Waals surface area contributed by atoms with E-state index in [1.807, 2.05) is 6.20 Å². The lowest BCUT2D eigenvalue weighted by molar-refractivity contribution is -0.125. The van der Waals surface area contributed by atoms with Crippen molar-refractivity contribution in [3.8, 4) is 0 Å². The first-order valence-corrected chi connectivity index (χ1v) is 12.6. The molecule has 0 radical (unpaired) electrons. The predicted octanol–water partition coefficient (Wildman–Crippen LogP) is 3.36. The van der Waals surface area contributed by atoms with Crippen LogP contribution in [0.3, 0.4) is 0 Å². The largest absolute Gasteiger partial charge is 0.370 e. The molecule has 0 aliphatic carbocycles. The van der Waals surface area contributed by atoms with Crippen molar-refractivity contribution in [3.63, 3.8) is 0 Å². The highest BCUT2D eigenvalue weighted by Gasteiger charge is 2.25. The number of carbonyl (C=O) groups is 1. The van der Waals surface area contributed by atoms with E-state index in [1.165, 1.54) is 38.8 Å². The number of carbonyl (C=O) groups excluding carboxylic acids is 1. The molecule has 32 heavy (non-hydrogen) atoms. The van der Waals surface area contributed by atoms with Crippen LogP contribution in [0.4, 0.5) is 5.69 Å². The summed E-state index contributed by atoms with van der Waals surface area (Å²) in [6, 6.07) is 2.11. The molecule has 2 aromatic heterocycles. The molecule has 0 atom stereocenters. The van der Waals surface area contributed by atoms with Gasteiger partial charge >= 0.3 is 0 Å². The number of piperidine rings is 1. The molecule has 0 aromatic carbocycles. The van der Waals surface area contributed by atoms with Crippen LogP contribution in [-0.4, -0.2) is 65.0 Å². The van der Waals surface area contributed by atoms with Crippen molar-refractivity contribution in [2.75, 3.05) is 44.2 Å². The molecule has 2 aromatic rings. The van der Waals surface area contributed by atoms with Crippen LogP contribution in [-0.2, 0) is 17.6 Å². The summed E-state index contributed by atoms with van der Waals surface area (Å²) >= 11 is 0. The van der Waals surface area contributed by atoms with E-state index in [0.29, 0.717) is 0 Å². The van der Waals surface area contributed by atoms with Crippen molar-refractivity contribution in [2.45, 2.75) is 65.2 Å². The standard InChI is InChI=1S/C25H38N6O/c1-3-21-22(4-2)29-24-23(28-21)17-20(18-27-24)31-14-9-19(10-15-31)25(32)26-11-16-30-12-7-5-6-8-13-30/h17-19H,3-16H2,1-2H3,(H,26,32). The van der Waals surface area contributed by atoms with Gasteiger partial charge in [0, 0.05) is 32.1 Å². The van der Waals surface area contributed by atoms with Gasteiger partial charge in [-0.3, -0.25) is 4.79 Å². The molecule has 1 amide bonds. The Kier molecular flexibility index (Phi) is 7.90. The lowest BCUT2D eigenvalue weighted by Crippen LogP contribution is -2.42. The number of nitrogens with one attached hydrogen (secondary N) is 1. The maximum absolute atomic E-state index is 12.7. The van der Waals surface area contributed by atoms with Crippen LogP contribution in [0.5, 0.6) is 0 Å². The van der Waals surface area contributed by atoms with E-state index >= 15 is 0 Å². The topological polar surface area (TPSA) is 74.2 Å². The summed E-state index contributed by atoms with van der Waals surface area (Å²) in [5, 5.41) is 3.19. The molecule has 2 aliphatic rings. The minimum Gasteiger partial charge on any atom is -0.370 e. The second-order valence-corrected chi connectivity index (χ2v) is 9.17. The zero-order valence-corrected chi connectivity index (χ0v) is 19.8. The van der Waals surface area contributed by atoms with Gasteiger partial charge in [0.15, 0.2) is 5.65 Å². The van der Waals surface area contributed by atoms with Crippen molar-refractivity contribution in [1.82, 2.24) is 25.2 Å². The van der Waals surface area contributed by atoms with Gasteiger partial charge in [0.25, 0.3) is 0 Å². The molecule has 174 valence electrons. The first-order valence-electron chi connectivity index (χ1n) is 12.6. The number of nitrogens with zero attached hydrogens (tertiary/aromatic N) is 5. The third kappa shape index (κ3) is 5.55. The van der Waals surface area contributed by atoms with E-state index in [-0.39, 0.29) is 11.8 Å². The summed E-state index contributed by atoms with van der Waals surface area (Å²) in [4.78, 5) is 31.6. The van der Waals surface area contributed by atoms with E-state index in [0.717, 1.165) is 80.1 Å². The average molecular weight is 439 g/mol. The van der Waals surface area contributed by atoms with E-state index in [4.69, 9.17) is 9.97 Å². The van der Waals surface area contributed by atoms with Gasteiger partial charge in [-0.1, -0.05) is 26.7 Å². The minimum atomic E-state index is 0.113. The Morgan fingerprint density at radius 3 is 2.38 bits per heavy atom. The number of aromatic nitrogens is 3. The Balaban J connectivity index is 1.29. The molecule has 2 fully saturated rings. The quantitative estimate of drug-likeness (QED) is 0.715. The maximum Gasteiger partial charge on any atom is 0.223 e. The van der Waals surface area contributed by atoms with Crippen LogP contribution in [0.2, 0.25) is 0 Å². The number of fused-ring (bicyclic) bond motifs is 1. The number of hydrogen-bond acceptors (Lipinski definition) is 6. The highest BCUT2D eigenvalue weighted by atomic mass is 16.1. The molecule has 4 rings (SSSR count). The zero-order valence-electron chi connectivity index (χ0n) is 19.8. The number of anilines is 1. The smallest absolute Gasteiger partial charge is 0.223 e. The Labute approximate surface area is 192 Å². The maximum atomic E-state index is 12.7. The molecule has 7 nitrogen and oxygen atoms in total. The molecule has 7 heteroatoms. The molecular formula is C25H38N6O. The molecule has 1 N–H and O–H groups in total. The Bertz CT molecular complexity index is 901. The lowest BCUT2D eigenvalue weighted by atomic mass is 9.95. The molecule has 0 unspecified atom stereocenters. The van der Waals surface area contributed by atoms with Crippen molar-refractivity contribution in [2.24, 2.45) is 5.92 Å².